The van der Waals surface area contributed by atoms with E-state index in [1.807, 2.05) is 0 Å². The number of hydrogen-bond acceptors (Lipinski definition) is 7. The van der Waals surface area contributed by atoms with Gasteiger partial charge in [0.15, 0.2) is 6.29 Å². The zero-order valence-corrected chi connectivity index (χ0v) is 10.2. The number of rotatable bonds is 5. The van der Waals surface area contributed by atoms with Gasteiger partial charge < -0.3 is 35.8 Å². The smallest absolute Gasteiger partial charge is 0.217 e. The number of carbonyl (C=O) groups excluding carboxylic acids is 1. The minimum absolute atomic E-state index is 0.168. The number of amides is 1. The molecular formula is C10H20N2O6. The molecule has 1 aliphatic rings. The molecule has 0 radical (unpaired) electrons. The SMILES string of the molecule is CC(=O)NC1[C@@H](OCCN)OC(CO)[C@@H](O)[C@@H]1O. The van der Waals surface area contributed by atoms with Crippen molar-refractivity contribution in [2.75, 3.05) is 19.8 Å². The molecule has 0 bridgehead atoms. The molecule has 0 aromatic heterocycles. The van der Waals surface area contributed by atoms with Gasteiger partial charge in [-0.05, 0) is 0 Å². The first-order valence-corrected chi connectivity index (χ1v) is 5.72. The minimum atomic E-state index is -1.30. The van der Waals surface area contributed by atoms with Crippen LogP contribution in [0.15, 0.2) is 0 Å². The van der Waals surface area contributed by atoms with Gasteiger partial charge in [-0.3, -0.25) is 4.79 Å². The van der Waals surface area contributed by atoms with Crippen LogP contribution in [0.1, 0.15) is 6.92 Å². The third-order valence-corrected chi connectivity index (χ3v) is 2.65. The van der Waals surface area contributed by atoms with E-state index >= 15 is 0 Å². The van der Waals surface area contributed by atoms with E-state index in [1.54, 1.807) is 0 Å². The fourth-order valence-corrected chi connectivity index (χ4v) is 1.80. The van der Waals surface area contributed by atoms with E-state index in [0.29, 0.717) is 0 Å². The van der Waals surface area contributed by atoms with Crippen molar-refractivity contribution in [3.63, 3.8) is 0 Å². The Morgan fingerprint density at radius 3 is 2.61 bits per heavy atom. The van der Waals surface area contributed by atoms with Crippen LogP contribution < -0.4 is 11.1 Å². The number of nitrogens with one attached hydrogen (secondary N) is 1. The number of aliphatic hydroxyl groups excluding tert-OH is 3. The van der Waals surface area contributed by atoms with Crippen LogP contribution >= 0.6 is 0 Å². The lowest BCUT2D eigenvalue weighted by atomic mass is 9.97. The average Bonchev–Trinajstić information content (AvgIpc) is 2.33. The van der Waals surface area contributed by atoms with Gasteiger partial charge in [0.25, 0.3) is 0 Å². The van der Waals surface area contributed by atoms with Gasteiger partial charge in [-0.2, -0.15) is 0 Å². The van der Waals surface area contributed by atoms with Gasteiger partial charge in [0.05, 0.1) is 13.2 Å². The molecule has 5 atom stereocenters. The number of nitrogens with two attached hydrogens (primary N) is 1. The lowest BCUT2D eigenvalue weighted by molar-refractivity contribution is -0.269. The van der Waals surface area contributed by atoms with E-state index < -0.39 is 43.2 Å². The summed E-state index contributed by atoms with van der Waals surface area (Å²) in [6.45, 7) is 1.22. The van der Waals surface area contributed by atoms with Crippen molar-refractivity contribution in [1.82, 2.24) is 5.32 Å². The van der Waals surface area contributed by atoms with Gasteiger partial charge >= 0.3 is 0 Å². The number of ether oxygens (including phenoxy) is 2. The van der Waals surface area contributed by atoms with Gasteiger partial charge in [0.1, 0.15) is 24.4 Å². The molecule has 1 aliphatic heterocycles. The molecule has 0 aromatic rings. The average molecular weight is 264 g/mol. The Labute approximate surface area is 105 Å². The zero-order valence-electron chi connectivity index (χ0n) is 10.2. The van der Waals surface area contributed by atoms with Crippen LogP contribution in [0.5, 0.6) is 0 Å². The first-order valence-electron chi connectivity index (χ1n) is 5.72. The van der Waals surface area contributed by atoms with Crippen molar-refractivity contribution in [1.29, 1.82) is 0 Å². The lowest BCUT2D eigenvalue weighted by Gasteiger charge is -2.42. The van der Waals surface area contributed by atoms with E-state index in [2.05, 4.69) is 5.32 Å². The number of aliphatic hydroxyl groups is 3. The highest BCUT2D eigenvalue weighted by atomic mass is 16.7. The fraction of sp³-hybridized carbons (Fsp3) is 0.900. The maximum absolute atomic E-state index is 11.0. The second kappa shape index (κ2) is 6.98. The monoisotopic (exact) mass is 264 g/mol. The standard InChI is InChI=1S/C10H20N2O6/c1-5(14)12-7-9(16)8(15)6(4-13)18-10(7)17-3-2-11/h6-10,13,15-16H,2-4,11H2,1H3,(H,12,14)/t6?,7?,8-,9-,10+/m1/s1. The molecule has 18 heavy (non-hydrogen) atoms. The quantitative estimate of drug-likeness (QED) is 0.355. The molecule has 1 amide bonds. The second-order valence-corrected chi connectivity index (χ2v) is 4.09. The highest BCUT2D eigenvalue weighted by molar-refractivity contribution is 5.73. The third kappa shape index (κ3) is 3.61. The van der Waals surface area contributed by atoms with E-state index in [4.69, 9.17) is 20.3 Å². The Morgan fingerprint density at radius 1 is 1.44 bits per heavy atom. The third-order valence-electron chi connectivity index (χ3n) is 2.65. The molecule has 0 saturated carbocycles. The Morgan fingerprint density at radius 2 is 2.11 bits per heavy atom. The van der Waals surface area contributed by atoms with Gasteiger partial charge in [0.2, 0.25) is 5.91 Å². The molecule has 1 rings (SSSR count). The lowest BCUT2D eigenvalue weighted by Crippen LogP contribution is -2.64. The number of carbonyl (C=O) groups is 1. The number of hydrogen-bond donors (Lipinski definition) is 5. The highest BCUT2D eigenvalue weighted by Crippen LogP contribution is 2.21. The van der Waals surface area contributed by atoms with Crippen LogP contribution in [0.25, 0.3) is 0 Å². The van der Waals surface area contributed by atoms with Gasteiger partial charge in [-0.25, -0.2) is 0 Å². The van der Waals surface area contributed by atoms with Crippen LogP contribution in [-0.4, -0.2) is 71.6 Å². The molecular weight excluding hydrogens is 244 g/mol. The van der Waals surface area contributed by atoms with Crippen LogP contribution in [0.4, 0.5) is 0 Å². The second-order valence-electron chi connectivity index (χ2n) is 4.09. The maximum atomic E-state index is 11.0. The van der Waals surface area contributed by atoms with Crippen molar-refractivity contribution >= 4 is 5.91 Å². The molecule has 2 unspecified atom stereocenters. The normalized spacial score (nSPS) is 36.4. The molecule has 8 nitrogen and oxygen atoms in total. The molecule has 8 heteroatoms. The van der Waals surface area contributed by atoms with Gasteiger partial charge in [-0.1, -0.05) is 0 Å². The summed E-state index contributed by atoms with van der Waals surface area (Å²) in [6, 6.07) is -0.910. The van der Waals surface area contributed by atoms with E-state index in [0.717, 1.165) is 0 Å². The van der Waals surface area contributed by atoms with Crippen LogP contribution in [0.2, 0.25) is 0 Å². The molecule has 0 aliphatic carbocycles. The predicted octanol–water partition coefficient (Wildman–Crippen LogP) is -3.09. The molecule has 1 heterocycles. The van der Waals surface area contributed by atoms with Crippen molar-refractivity contribution < 1.29 is 29.6 Å². The molecule has 0 spiro atoms. The van der Waals surface area contributed by atoms with Crippen molar-refractivity contribution in [2.45, 2.75) is 37.6 Å². The van der Waals surface area contributed by atoms with Crippen molar-refractivity contribution in [3.8, 4) is 0 Å². The zero-order chi connectivity index (χ0) is 13.7. The summed E-state index contributed by atoms with van der Waals surface area (Å²) >= 11 is 0. The predicted molar refractivity (Wildman–Crippen MR) is 60.4 cm³/mol. The molecule has 1 fully saturated rings. The van der Waals surface area contributed by atoms with E-state index in [1.165, 1.54) is 6.92 Å². The highest BCUT2D eigenvalue weighted by Gasteiger charge is 2.45. The molecule has 106 valence electrons. The van der Waals surface area contributed by atoms with Crippen molar-refractivity contribution in [2.24, 2.45) is 5.73 Å². The Kier molecular flexibility index (Phi) is 5.93. The molecule has 6 N–H and O–H groups in total. The van der Waals surface area contributed by atoms with Gasteiger partial charge in [-0.15, -0.1) is 0 Å². The molecule has 0 aromatic carbocycles. The Hall–Kier alpha value is -0.770. The summed E-state index contributed by atoms with van der Waals surface area (Å²) in [5.41, 5.74) is 5.29. The minimum Gasteiger partial charge on any atom is -0.394 e. The van der Waals surface area contributed by atoms with Gasteiger partial charge in [0, 0.05) is 13.5 Å². The summed E-state index contributed by atoms with van der Waals surface area (Å²) in [7, 11) is 0. The van der Waals surface area contributed by atoms with Crippen LogP contribution in [-0.2, 0) is 14.3 Å². The summed E-state index contributed by atoms with van der Waals surface area (Å²) in [4.78, 5) is 11.0. The maximum Gasteiger partial charge on any atom is 0.217 e. The fourth-order valence-electron chi connectivity index (χ4n) is 1.80. The summed E-state index contributed by atoms with van der Waals surface area (Å²) < 4.78 is 10.5. The largest absolute Gasteiger partial charge is 0.394 e. The van der Waals surface area contributed by atoms with Crippen LogP contribution in [0.3, 0.4) is 0 Å². The topological polar surface area (TPSA) is 134 Å². The van der Waals surface area contributed by atoms with E-state index in [9.17, 15) is 15.0 Å². The molecule has 1 saturated heterocycles. The summed E-state index contributed by atoms with van der Waals surface area (Å²) in [6.07, 6.45) is -4.52. The van der Waals surface area contributed by atoms with Crippen molar-refractivity contribution in [3.05, 3.63) is 0 Å². The Balaban J connectivity index is 2.76. The first-order chi connectivity index (χ1) is 8.51. The Bertz CT molecular complexity index is 277. The van der Waals surface area contributed by atoms with E-state index in [-0.39, 0.29) is 13.2 Å². The summed E-state index contributed by atoms with van der Waals surface area (Å²) in [5.74, 6) is -0.390. The van der Waals surface area contributed by atoms with Crippen LogP contribution in [0, 0.1) is 0 Å². The summed E-state index contributed by atoms with van der Waals surface area (Å²) in [5, 5.41) is 31.1. The first kappa shape index (κ1) is 15.3.